The van der Waals surface area contributed by atoms with E-state index in [2.05, 4.69) is 0 Å². The molecule has 5 unspecified atom stereocenters. The van der Waals surface area contributed by atoms with Crippen molar-refractivity contribution in [1.82, 2.24) is 0 Å². The molecule has 0 aromatic heterocycles. The molecule has 30 heavy (non-hydrogen) atoms. The summed E-state index contributed by atoms with van der Waals surface area (Å²) < 4.78 is 11.2. The minimum atomic E-state index is -0.604. The molecule has 1 aliphatic carbocycles. The maximum atomic E-state index is 12.5. The Hall–Kier alpha value is -2.92. The van der Waals surface area contributed by atoms with Crippen LogP contribution in [0.3, 0.4) is 0 Å². The fourth-order valence-electron chi connectivity index (χ4n) is 4.38. The van der Waals surface area contributed by atoms with Gasteiger partial charge in [-0.25, -0.2) is 4.79 Å². The molecule has 5 atom stereocenters. The van der Waals surface area contributed by atoms with E-state index in [4.69, 9.17) is 9.47 Å². The molecule has 2 aromatic carbocycles. The van der Waals surface area contributed by atoms with Gasteiger partial charge in [0, 0.05) is 18.3 Å². The van der Waals surface area contributed by atoms with Crippen molar-refractivity contribution in [2.45, 2.75) is 44.0 Å². The zero-order chi connectivity index (χ0) is 20.9. The second-order valence-electron chi connectivity index (χ2n) is 8.00. The number of carbonyl (C=O) groups excluding carboxylic acids is 2. The van der Waals surface area contributed by atoms with Crippen LogP contribution in [0.25, 0.3) is 0 Å². The standard InChI is InChI=1S/C25H26O5/c26-19(12-11-17-7-3-1-4-8-17)13-14-20-21-15-24(27)29-23(21)16-22(20)30-25(28)18-9-5-2-6-10-18/h1-10,13-14,19-23,26H,11-12,15-16H2. The highest BCUT2D eigenvalue weighted by atomic mass is 16.6. The highest BCUT2D eigenvalue weighted by molar-refractivity contribution is 5.89. The molecular weight excluding hydrogens is 380 g/mol. The Morgan fingerprint density at radius 1 is 1.13 bits per heavy atom. The van der Waals surface area contributed by atoms with Crippen molar-refractivity contribution in [2.75, 3.05) is 0 Å². The summed E-state index contributed by atoms with van der Waals surface area (Å²) in [7, 11) is 0. The minimum Gasteiger partial charge on any atom is -0.462 e. The molecule has 5 nitrogen and oxygen atoms in total. The first-order valence-corrected chi connectivity index (χ1v) is 10.5. The number of benzene rings is 2. The van der Waals surface area contributed by atoms with Gasteiger partial charge < -0.3 is 14.6 Å². The fraction of sp³-hybridized carbons (Fsp3) is 0.360. The summed E-state index contributed by atoms with van der Waals surface area (Å²) in [6.45, 7) is 0. The quantitative estimate of drug-likeness (QED) is 0.561. The van der Waals surface area contributed by atoms with E-state index in [1.165, 1.54) is 5.56 Å². The fourth-order valence-corrected chi connectivity index (χ4v) is 4.38. The van der Waals surface area contributed by atoms with Crippen molar-refractivity contribution >= 4 is 11.9 Å². The van der Waals surface area contributed by atoms with Crippen LogP contribution in [-0.2, 0) is 20.7 Å². The lowest BCUT2D eigenvalue weighted by Gasteiger charge is -2.20. The van der Waals surface area contributed by atoms with Gasteiger partial charge >= 0.3 is 11.9 Å². The van der Waals surface area contributed by atoms with Gasteiger partial charge in [0.05, 0.1) is 18.1 Å². The summed E-state index contributed by atoms with van der Waals surface area (Å²) >= 11 is 0. The first kappa shape index (κ1) is 20.4. The molecule has 2 aromatic rings. The van der Waals surface area contributed by atoms with Gasteiger partial charge in [0.1, 0.15) is 12.2 Å². The predicted molar refractivity (Wildman–Crippen MR) is 112 cm³/mol. The van der Waals surface area contributed by atoms with Gasteiger partial charge in [-0.15, -0.1) is 0 Å². The van der Waals surface area contributed by atoms with Gasteiger partial charge in [0.15, 0.2) is 0 Å². The Morgan fingerprint density at radius 2 is 1.83 bits per heavy atom. The van der Waals surface area contributed by atoms with Gasteiger partial charge in [0.2, 0.25) is 0 Å². The molecule has 1 saturated heterocycles. The van der Waals surface area contributed by atoms with Crippen molar-refractivity contribution < 1.29 is 24.2 Å². The van der Waals surface area contributed by atoms with Crippen LogP contribution in [-0.4, -0.2) is 35.4 Å². The van der Waals surface area contributed by atoms with Crippen molar-refractivity contribution in [1.29, 1.82) is 0 Å². The zero-order valence-corrected chi connectivity index (χ0v) is 16.7. The van der Waals surface area contributed by atoms with Gasteiger partial charge in [-0.3, -0.25) is 4.79 Å². The second-order valence-corrected chi connectivity index (χ2v) is 8.00. The van der Waals surface area contributed by atoms with Crippen LogP contribution in [0.4, 0.5) is 0 Å². The lowest BCUT2D eigenvalue weighted by atomic mass is 9.91. The molecular formula is C25H26O5. The Labute approximate surface area is 176 Å². The third kappa shape index (κ3) is 4.79. The molecule has 1 N–H and O–H groups in total. The summed E-state index contributed by atoms with van der Waals surface area (Å²) in [6, 6.07) is 18.9. The second kappa shape index (κ2) is 9.26. The molecule has 156 valence electrons. The lowest BCUT2D eigenvalue weighted by molar-refractivity contribution is -0.141. The molecule has 0 spiro atoms. The largest absolute Gasteiger partial charge is 0.462 e. The molecule has 0 radical (unpaired) electrons. The van der Waals surface area contributed by atoms with Gasteiger partial charge in [-0.2, -0.15) is 0 Å². The third-order valence-corrected chi connectivity index (χ3v) is 5.95. The van der Waals surface area contributed by atoms with Crippen molar-refractivity contribution in [2.24, 2.45) is 11.8 Å². The van der Waals surface area contributed by atoms with Gasteiger partial charge in [0.25, 0.3) is 0 Å². The van der Waals surface area contributed by atoms with Crippen LogP contribution < -0.4 is 0 Å². The third-order valence-electron chi connectivity index (χ3n) is 5.95. The number of carbonyl (C=O) groups is 2. The van der Waals surface area contributed by atoms with Crippen LogP contribution >= 0.6 is 0 Å². The first-order valence-electron chi connectivity index (χ1n) is 10.5. The number of fused-ring (bicyclic) bond motifs is 1. The highest BCUT2D eigenvalue weighted by Gasteiger charge is 2.50. The maximum Gasteiger partial charge on any atom is 0.338 e. The number of ether oxygens (including phenoxy) is 2. The Morgan fingerprint density at radius 3 is 2.57 bits per heavy atom. The van der Waals surface area contributed by atoms with E-state index in [0.29, 0.717) is 24.8 Å². The zero-order valence-electron chi connectivity index (χ0n) is 16.7. The summed E-state index contributed by atoms with van der Waals surface area (Å²) in [5.41, 5.74) is 1.67. The number of rotatable bonds is 7. The van der Waals surface area contributed by atoms with Crippen molar-refractivity contribution in [3.05, 3.63) is 83.9 Å². The van der Waals surface area contributed by atoms with Gasteiger partial charge in [-0.05, 0) is 30.5 Å². The molecule has 2 aliphatic rings. The van der Waals surface area contributed by atoms with Crippen LogP contribution in [0.1, 0.15) is 35.2 Å². The lowest BCUT2D eigenvalue weighted by Crippen LogP contribution is -2.25. The highest BCUT2D eigenvalue weighted by Crippen LogP contribution is 2.43. The average Bonchev–Trinajstić information content (AvgIpc) is 3.27. The number of hydrogen-bond donors (Lipinski definition) is 1. The normalized spacial score (nSPS) is 26.4. The van der Waals surface area contributed by atoms with Crippen LogP contribution in [0.2, 0.25) is 0 Å². The number of hydrogen-bond acceptors (Lipinski definition) is 5. The van der Waals surface area contributed by atoms with Crippen LogP contribution in [0.15, 0.2) is 72.8 Å². The Balaban J connectivity index is 1.41. The van der Waals surface area contributed by atoms with E-state index in [1.54, 1.807) is 30.3 Å². The molecule has 1 saturated carbocycles. The average molecular weight is 406 g/mol. The summed E-state index contributed by atoms with van der Waals surface area (Å²) in [5, 5.41) is 10.4. The number of aryl methyl sites for hydroxylation is 1. The number of esters is 2. The van der Waals surface area contributed by atoms with Crippen LogP contribution in [0, 0.1) is 11.8 Å². The summed E-state index contributed by atoms with van der Waals surface area (Å²) in [6.07, 6.45) is 4.65. The Bertz CT molecular complexity index is 892. The van der Waals surface area contributed by atoms with E-state index < -0.39 is 6.10 Å². The topological polar surface area (TPSA) is 72.8 Å². The number of aliphatic hydroxyl groups is 1. The molecule has 5 heteroatoms. The van der Waals surface area contributed by atoms with Crippen molar-refractivity contribution in [3.63, 3.8) is 0 Å². The summed E-state index contributed by atoms with van der Waals surface area (Å²) in [4.78, 5) is 24.3. The van der Waals surface area contributed by atoms with E-state index in [1.807, 2.05) is 42.5 Å². The molecule has 4 rings (SSSR count). The van der Waals surface area contributed by atoms with E-state index in [-0.39, 0.29) is 36.0 Å². The molecule has 0 amide bonds. The Kier molecular flexibility index (Phi) is 6.29. The minimum absolute atomic E-state index is 0.0244. The smallest absolute Gasteiger partial charge is 0.338 e. The number of aliphatic hydroxyl groups excluding tert-OH is 1. The van der Waals surface area contributed by atoms with Gasteiger partial charge in [-0.1, -0.05) is 60.7 Å². The predicted octanol–water partition coefficient (Wildman–Crippen LogP) is 3.71. The maximum absolute atomic E-state index is 12.5. The molecule has 2 fully saturated rings. The van der Waals surface area contributed by atoms with E-state index in [9.17, 15) is 14.7 Å². The SMILES string of the molecule is O=C1CC2C(CC(OC(=O)c3ccccc3)C2C=CC(O)CCc2ccccc2)O1. The van der Waals surface area contributed by atoms with Crippen molar-refractivity contribution in [3.8, 4) is 0 Å². The monoisotopic (exact) mass is 406 g/mol. The molecule has 0 bridgehead atoms. The molecule has 1 aliphatic heterocycles. The first-order chi connectivity index (χ1) is 14.6. The molecule has 1 heterocycles. The van der Waals surface area contributed by atoms with E-state index >= 15 is 0 Å². The summed E-state index contributed by atoms with van der Waals surface area (Å²) in [5.74, 6) is -0.764. The van der Waals surface area contributed by atoms with E-state index in [0.717, 1.165) is 6.42 Å². The van der Waals surface area contributed by atoms with Crippen LogP contribution in [0.5, 0.6) is 0 Å².